The summed E-state index contributed by atoms with van der Waals surface area (Å²) in [5.74, 6) is 0.215. The van der Waals surface area contributed by atoms with Crippen LogP contribution in [0.4, 0.5) is 0 Å². The molecule has 2 nitrogen and oxygen atoms in total. The highest BCUT2D eigenvalue weighted by Crippen LogP contribution is 2.22. The van der Waals surface area contributed by atoms with E-state index in [1.54, 1.807) is 0 Å². The molecule has 18 heavy (non-hydrogen) atoms. The van der Waals surface area contributed by atoms with Crippen molar-refractivity contribution in [3.8, 4) is 0 Å². The molecule has 0 radical (unpaired) electrons. The monoisotopic (exact) mass is 319 g/mol. The molecule has 1 unspecified atom stereocenters. The van der Waals surface area contributed by atoms with Crippen LogP contribution in [-0.4, -0.2) is 17.3 Å². The molecular formula is C15H30BrNO. The van der Waals surface area contributed by atoms with Crippen molar-refractivity contribution in [1.82, 2.24) is 5.32 Å². The number of carbonyl (C=O) groups is 1. The van der Waals surface area contributed by atoms with Crippen molar-refractivity contribution in [2.45, 2.75) is 78.7 Å². The van der Waals surface area contributed by atoms with Crippen LogP contribution in [0.2, 0.25) is 0 Å². The molecule has 0 saturated carbocycles. The van der Waals surface area contributed by atoms with Crippen LogP contribution in [0.1, 0.15) is 72.6 Å². The first kappa shape index (κ1) is 17.9. The minimum Gasteiger partial charge on any atom is -0.353 e. The predicted molar refractivity (Wildman–Crippen MR) is 83.2 cm³/mol. The third kappa shape index (κ3) is 8.96. The summed E-state index contributed by atoms with van der Waals surface area (Å²) in [6.07, 6.45) is 7.67. The van der Waals surface area contributed by atoms with E-state index in [0.29, 0.717) is 6.42 Å². The molecule has 0 aliphatic carbocycles. The van der Waals surface area contributed by atoms with Crippen LogP contribution in [0.3, 0.4) is 0 Å². The Labute approximate surface area is 121 Å². The predicted octanol–water partition coefficient (Wildman–Crippen LogP) is 4.66. The molecule has 0 aliphatic rings. The highest BCUT2D eigenvalue weighted by atomic mass is 79.9. The molecular weight excluding hydrogens is 290 g/mol. The van der Waals surface area contributed by atoms with E-state index in [4.69, 9.17) is 0 Å². The lowest BCUT2D eigenvalue weighted by atomic mass is 9.85. The van der Waals surface area contributed by atoms with Crippen molar-refractivity contribution < 1.29 is 4.79 Å². The highest BCUT2D eigenvalue weighted by Gasteiger charge is 2.25. The minimum atomic E-state index is 0.131. The molecule has 0 heterocycles. The van der Waals surface area contributed by atoms with E-state index in [2.05, 4.69) is 48.9 Å². The summed E-state index contributed by atoms with van der Waals surface area (Å²) < 4.78 is 0. The van der Waals surface area contributed by atoms with Crippen LogP contribution >= 0.6 is 15.9 Å². The molecule has 0 aromatic carbocycles. The molecule has 0 bridgehead atoms. The van der Waals surface area contributed by atoms with Gasteiger partial charge in [0.15, 0.2) is 0 Å². The molecule has 0 spiro atoms. The van der Waals surface area contributed by atoms with Crippen LogP contribution < -0.4 is 5.32 Å². The summed E-state index contributed by atoms with van der Waals surface area (Å²) in [6, 6.07) is 0.264. The number of nitrogens with one attached hydrogen (secondary N) is 1. The van der Waals surface area contributed by atoms with Crippen LogP contribution in [0, 0.1) is 5.41 Å². The van der Waals surface area contributed by atoms with Gasteiger partial charge in [0.1, 0.15) is 0 Å². The Balaban J connectivity index is 3.89. The maximum atomic E-state index is 11.9. The Morgan fingerprint density at radius 3 is 2.28 bits per heavy atom. The Kier molecular flexibility index (Phi) is 9.80. The SMILES string of the molecule is CCCCCCCC(=O)NC(CCBr)C(C)(C)C. The van der Waals surface area contributed by atoms with E-state index in [1.165, 1.54) is 25.7 Å². The van der Waals surface area contributed by atoms with Gasteiger partial charge in [0.05, 0.1) is 0 Å². The number of alkyl halides is 1. The first-order valence-electron chi connectivity index (χ1n) is 7.27. The van der Waals surface area contributed by atoms with E-state index >= 15 is 0 Å². The summed E-state index contributed by atoms with van der Waals surface area (Å²) in [5, 5.41) is 4.12. The van der Waals surface area contributed by atoms with Crippen LogP contribution in [0.15, 0.2) is 0 Å². The zero-order valence-corrected chi connectivity index (χ0v) is 14.1. The summed E-state index contributed by atoms with van der Waals surface area (Å²) in [6.45, 7) is 8.76. The van der Waals surface area contributed by atoms with Gasteiger partial charge < -0.3 is 5.32 Å². The molecule has 1 amide bonds. The minimum absolute atomic E-state index is 0.131. The van der Waals surface area contributed by atoms with Crippen molar-refractivity contribution in [2.75, 3.05) is 5.33 Å². The van der Waals surface area contributed by atoms with Crippen molar-refractivity contribution in [3.05, 3.63) is 0 Å². The topological polar surface area (TPSA) is 29.1 Å². The van der Waals surface area contributed by atoms with Crippen molar-refractivity contribution >= 4 is 21.8 Å². The fraction of sp³-hybridized carbons (Fsp3) is 0.933. The molecule has 3 heteroatoms. The van der Waals surface area contributed by atoms with Crippen LogP contribution in [-0.2, 0) is 4.79 Å². The van der Waals surface area contributed by atoms with Gasteiger partial charge in [-0.2, -0.15) is 0 Å². The first-order chi connectivity index (χ1) is 8.41. The number of hydrogen-bond donors (Lipinski definition) is 1. The van der Waals surface area contributed by atoms with Gasteiger partial charge >= 0.3 is 0 Å². The zero-order valence-electron chi connectivity index (χ0n) is 12.5. The van der Waals surface area contributed by atoms with Crippen LogP contribution in [0.25, 0.3) is 0 Å². The van der Waals surface area contributed by atoms with Gasteiger partial charge in [-0.3, -0.25) is 4.79 Å². The molecule has 0 fully saturated rings. The van der Waals surface area contributed by atoms with Crippen LogP contribution in [0.5, 0.6) is 0 Å². The summed E-state index contributed by atoms with van der Waals surface area (Å²) in [7, 11) is 0. The van der Waals surface area contributed by atoms with E-state index in [1.807, 2.05) is 0 Å². The smallest absolute Gasteiger partial charge is 0.220 e. The Bertz CT molecular complexity index is 223. The molecule has 1 atom stereocenters. The summed E-state index contributed by atoms with van der Waals surface area (Å²) in [5.41, 5.74) is 0.131. The number of unbranched alkanes of at least 4 members (excludes halogenated alkanes) is 4. The van der Waals surface area contributed by atoms with Crippen molar-refractivity contribution in [2.24, 2.45) is 5.41 Å². The van der Waals surface area contributed by atoms with Crippen molar-refractivity contribution in [1.29, 1.82) is 0 Å². The zero-order chi connectivity index (χ0) is 14.0. The highest BCUT2D eigenvalue weighted by molar-refractivity contribution is 9.09. The average molecular weight is 320 g/mol. The molecule has 0 saturated heterocycles. The standard InChI is InChI=1S/C15H30BrNO/c1-5-6-7-8-9-10-14(18)17-13(11-12-16)15(2,3)4/h13H,5-12H2,1-4H3,(H,17,18). The van der Waals surface area contributed by atoms with E-state index < -0.39 is 0 Å². The van der Waals surface area contributed by atoms with Gasteiger partial charge in [0.25, 0.3) is 0 Å². The first-order valence-corrected chi connectivity index (χ1v) is 8.39. The van der Waals surface area contributed by atoms with E-state index in [0.717, 1.165) is 18.2 Å². The molecule has 108 valence electrons. The van der Waals surface area contributed by atoms with Gasteiger partial charge in [0, 0.05) is 17.8 Å². The second kappa shape index (κ2) is 9.82. The molecule has 0 rings (SSSR count). The fourth-order valence-electron chi connectivity index (χ4n) is 1.99. The maximum Gasteiger partial charge on any atom is 0.220 e. The van der Waals surface area contributed by atoms with E-state index in [-0.39, 0.29) is 17.4 Å². The molecule has 0 aromatic heterocycles. The Morgan fingerprint density at radius 2 is 1.78 bits per heavy atom. The summed E-state index contributed by atoms with van der Waals surface area (Å²) >= 11 is 3.46. The normalized spacial score (nSPS) is 13.4. The number of amides is 1. The third-order valence-corrected chi connectivity index (χ3v) is 3.74. The van der Waals surface area contributed by atoms with E-state index in [9.17, 15) is 4.79 Å². The Morgan fingerprint density at radius 1 is 1.17 bits per heavy atom. The van der Waals surface area contributed by atoms with Gasteiger partial charge in [-0.1, -0.05) is 69.3 Å². The second-order valence-corrected chi connectivity index (χ2v) is 6.92. The van der Waals surface area contributed by atoms with Gasteiger partial charge in [-0.05, 0) is 18.3 Å². The number of halogens is 1. The maximum absolute atomic E-state index is 11.9. The van der Waals surface area contributed by atoms with Crippen molar-refractivity contribution in [3.63, 3.8) is 0 Å². The average Bonchev–Trinajstić information content (AvgIpc) is 2.27. The number of hydrogen-bond acceptors (Lipinski definition) is 1. The molecule has 1 N–H and O–H groups in total. The number of carbonyl (C=O) groups excluding carboxylic acids is 1. The third-order valence-electron chi connectivity index (χ3n) is 3.29. The van der Waals surface area contributed by atoms with Gasteiger partial charge in [-0.15, -0.1) is 0 Å². The largest absolute Gasteiger partial charge is 0.353 e. The fourth-order valence-corrected chi connectivity index (χ4v) is 2.44. The second-order valence-electron chi connectivity index (χ2n) is 6.13. The van der Waals surface area contributed by atoms with Gasteiger partial charge in [0.2, 0.25) is 5.91 Å². The number of rotatable bonds is 9. The Hall–Kier alpha value is -0.0500. The quantitative estimate of drug-likeness (QED) is 0.486. The summed E-state index contributed by atoms with van der Waals surface area (Å²) in [4.78, 5) is 11.9. The lowest BCUT2D eigenvalue weighted by Gasteiger charge is -2.31. The molecule has 0 aliphatic heterocycles. The van der Waals surface area contributed by atoms with Gasteiger partial charge in [-0.25, -0.2) is 0 Å². The lowest BCUT2D eigenvalue weighted by Crippen LogP contribution is -2.43. The molecule has 0 aromatic rings. The lowest BCUT2D eigenvalue weighted by molar-refractivity contribution is -0.122.